The first-order valence-electron chi connectivity index (χ1n) is 8.32. The Morgan fingerprint density at radius 2 is 1.71 bits per heavy atom. The zero-order chi connectivity index (χ0) is 14.1. The molecule has 1 aliphatic heterocycles. The smallest absolute Gasteiger partial charge is 0.0374 e. The summed E-state index contributed by atoms with van der Waals surface area (Å²) in [6, 6.07) is 18.7. The molecule has 0 bridgehead atoms. The van der Waals surface area contributed by atoms with E-state index < -0.39 is 0 Å². The van der Waals surface area contributed by atoms with Crippen molar-refractivity contribution < 1.29 is 0 Å². The van der Waals surface area contributed by atoms with Gasteiger partial charge in [-0.25, -0.2) is 0 Å². The van der Waals surface area contributed by atoms with E-state index in [1.165, 1.54) is 55.3 Å². The molecule has 1 N–H and O–H groups in total. The summed E-state index contributed by atoms with van der Waals surface area (Å²) in [7, 11) is 0. The van der Waals surface area contributed by atoms with Gasteiger partial charge in [0.25, 0.3) is 0 Å². The number of fused-ring (bicyclic) bond motifs is 1. The molecule has 0 radical (unpaired) electrons. The summed E-state index contributed by atoms with van der Waals surface area (Å²) in [6.45, 7) is 0. The summed E-state index contributed by atoms with van der Waals surface area (Å²) < 4.78 is 0. The van der Waals surface area contributed by atoms with Crippen LogP contribution in [0, 0.1) is 0 Å². The summed E-state index contributed by atoms with van der Waals surface area (Å²) in [5.41, 5.74) is 5.85. The zero-order valence-corrected chi connectivity index (χ0v) is 12.5. The second-order valence-electron chi connectivity index (χ2n) is 6.59. The van der Waals surface area contributed by atoms with Crippen LogP contribution in [0.3, 0.4) is 0 Å². The second kappa shape index (κ2) is 5.55. The van der Waals surface area contributed by atoms with Gasteiger partial charge in [0.05, 0.1) is 0 Å². The molecule has 2 aliphatic rings. The van der Waals surface area contributed by atoms with Crippen LogP contribution >= 0.6 is 0 Å². The summed E-state index contributed by atoms with van der Waals surface area (Å²) in [4.78, 5) is 0. The van der Waals surface area contributed by atoms with Crippen LogP contribution < -0.4 is 5.32 Å². The number of nitrogens with one attached hydrogen (secondary N) is 1. The molecule has 1 nitrogen and oxygen atoms in total. The van der Waals surface area contributed by atoms with Crippen LogP contribution in [0.15, 0.2) is 48.5 Å². The van der Waals surface area contributed by atoms with Gasteiger partial charge in [-0.15, -0.1) is 0 Å². The van der Waals surface area contributed by atoms with Crippen molar-refractivity contribution in [2.75, 3.05) is 5.32 Å². The lowest BCUT2D eigenvalue weighted by atomic mass is 9.94. The van der Waals surface area contributed by atoms with Crippen LogP contribution in [0.2, 0.25) is 0 Å². The average molecular weight is 277 g/mol. The lowest BCUT2D eigenvalue weighted by molar-refractivity contribution is 0.586. The van der Waals surface area contributed by atoms with Gasteiger partial charge in [0, 0.05) is 11.7 Å². The highest BCUT2D eigenvalue weighted by atomic mass is 14.9. The SMILES string of the molecule is c1ccc2c(c1)CCC(CCc1ccc(C3CC3)cc1)N2. The van der Waals surface area contributed by atoms with Gasteiger partial charge in [0.2, 0.25) is 0 Å². The monoisotopic (exact) mass is 277 g/mol. The van der Waals surface area contributed by atoms with Crippen LogP contribution in [-0.4, -0.2) is 6.04 Å². The van der Waals surface area contributed by atoms with Gasteiger partial charge in [-0.3, -0.25) is 0 Å². The number of hydrogen-bond donors (Lipinski definition) is 1. The fourth-order valence-corrected chi connectivity index (χ4v) is 3.43. The van der Waals surface area contributed by atoms with Crippen molar-refractivity contribution in [2.24, 2.45) is 0 Å². The molecule has 1 aliphatic carbocycles. The van der Waals surface area contributed by atoms with Crippen LogP contribution in [0.4, 0.5) is 5.69 Å². The third kappa shape index (κ3) is 2.97. The number of para-hydroxylation sites is 1. The van der Waals surface area contributed by atoms with Gasteiger partial charge in [0.1, 0.15) is 0 Å². The molecular weight excluding hydrogens is 254 g/mol. The Bertz CT molecular complexity index is 610. The minimum absolute atomic E-state index is 0.628. The van der Waals surface area contributed by atoms with E-state index in [9.17, 15) is 0 Å². The Labute approximate surface area is 127 Å². The summed E-state index contributed by atoms with van der Waals surface area (Å²) in [5, 5.41) is 3.71. The van der Waals surface area contributed by atoms with Crippen molar-refractivity contribution in [3.8, 4) is 0 Å². The normalized spacial score (nSPS) is 20.7. The lowest BCUT2D eigenvalue weighted by Gasteiger charge is -2.27. The Balaban J connectivity index is 1.34. The quantitative estimate of drug-likeness (QED) is 0.836. The molecule has 4 rings (SSSR count). The first-order chi connectivity index (χ1) is 10.4. The Morgan fingerprint density at radius 1 is 0.905 bits per heavy atom. The Hall–Kier alpha value is -1.76. The number of aryl methyl sites for hydroxylation is 2. The average Bonchev–Trinajstić information content (AvgIpc) is 3.38. The summed E-state index contributed by atoms with van der Waals surface area (Å²) in [6.07, 6.45) is 7.68. The predicted molar refractivity (Wildman–Crippen MR) is 88.9 cm³/mol. The van der Waals surface area contributed by atoms with Crippen LogP contribution in [0.5, 0.6) is 0 Å². The largest absolute Gasteiger partial charge is 0.382 e. The first kappa shape index (κ1) is 12.9. The first-order valence-corrected chi connectivity index (χ1v) is 8.32. The number of rotatable bonds is 4. The minimum Gasteiger partial charge on any atom is -0.382 e. The van der Waals surface area contributed by atoms with Gasteiger partial charge < -0.3 is 5.32 Å². The molecule has 21 heavy (non-hydrogen) atoms. The van der Waals surface area contributed by atoms with Crippen molar-refractivity contribution in [3.63, 3.8) is 0 Å². The fourth-order valence-electron chi connectivity index (χ4n) is 3.43. The molecule has 108 valence electrons. The van der Waals surface area contributed by atoms with Crippen molar-refractivity contribution in [1.29, 1.82) is 0 Å². The minimum atomic E-state index is 0.628. The highest BCUT2D eigenvalue weighted by Crippen LogP contribution is 2.40. The third-order valence-electron chi connectivity index (χ3n) is 4.95. The molecule has 1 unspecified atom stereocenters. The number of hydrogen-bond acceptors (Lipinski definition) is 1. The van der Waals surface area contributed by atoms with E-state index in [4.69, 9.17) is 0 Å². The second-order valence-corrected chi connectivity index (χ2v) is 6.59. The lowest BCUT2D eigenvalue weighted by Crippen LogP contribution is -2.25. The molecular formula is C20H23N. The van der Waals surface area contributed by atoms with Crippen molar-refractivity contribution in [2.45, 2.75) is 50.5 Å². The molecule has 0 aromatic heterocycles. The van der Waals surface area contributed by atoms with E-state index in [1.807, 2.05) is 0 Å². The molecule has 0 saturated heterocycles. The standard InChI is InChI=1S/C20H23N/c1-2-4-20-18(3-1)12-14-19(21-20)13-7-15-5-8-16(9-6-15)17-10-11-17/h1-6,8-9,17,19,21H,7,10-14H2. The van der Waals surface area contributed by atoms with E-state index >= 15 is 0 Å². The predicted octanol–water partition coefficient (Wildman–Crippen LogP) is 4.92. The third-order valence-corrected chi connectivity index (χ3v) is 4.95. The molecule has 0 spiro atoms. The van der Waals surface area contributed by atoms with E-state index in [0.717, 1.165) is 5.92 Å². The number of anilines is 1. The molecule has 0 amide bonds. The van der Waals surface area contributed by atoms with Crippen molar-refractivity contribution in [3.05, 3.63) is 65.2 Å². The van der Waals surface area contributed by atoms with E-state index in [2.05, 4.69) is 53.8 Å². The van der Waals surface area contributed by atoms with Crippen LogP contribution in [-0.2, 0) is 12.8 Å². The van der Waals surface area contributed by atoms with E-state index in [1.54, 1.807) is 5.56 Å². The molecule has 1 saturated carbocycles. The maximum Gasteiger partial charge on any atom is 0.0374 e. The van der Waals surface area contributed by atoms with E-state index in [0.29, 0.717) is 6.04 Å². The number of benzene rings is 2. The van der Waals surface area contributed by atoms with Crippen LogP contribution in [0.1, 0.15) is 48.3 Å². The van der Waals surface area contributed by atoms with Gasteiger partial charge in [0.15, 0.2) is 0 Å². The van der Waals surface area contributed by atoms with E-state index in [-0.39, 0.29) is 0 Å². The molecule has 1 fully saturated rings. The molecule has 1 atom stereocenters. The highest BCUT2D eigenvalue weighted by Gasteiger charge is 2.23. The molecule has 1 heterocycles. The zero-order valence-electron chi connectivity index (χ0n) is 12.5. The maximum atomic E-state index is 3.71. The van der Waals surface area contributed by atoms with Gasteiger partial charge in [-0.1, -0.05) is 42.5 Å². The summed E-state index contributed by atoms with van der Waals surface area (Å²) in [5.74, 6) is 0.871. The fraction of sp³-hybridized carbons (Fsp3) is 0.400. The van der Waals surface area contributed by atoms with Crippen molar-refractivity contribution in [1.82, 2.24) is 0 Å². The maximum absolute atomic E-state index is 3.71. The van der Waals surface area contributed by atoms with Crippen LogP contribution in [0.25, 0.3) is 0 Å². The molecule has 1 heteroatoms. The Morgan fingerprint density at radius 3 is 2.52 bits per heavy atom. The van der Waals surface area contributed by atoms with Gasteiger partial charge in [-0.05, 0) is 67.2 Å². The molecule has 2 aromatic rings. The molecule has 2 aromatic carbocycles. The Kier molecular flexibility index (Phi) is 3.42. The van der Waals surface area contributed by atoms with Gasteiger partial charge >= 0.3 is 0 Å². The summed E-state index contributed by atoms with van der Waals surface area (Å²) >= 11 is 0. The van der Waals surface area contributed by atoms with Gasteiger partial charge in [-0.2, -0.15) is 0 Å². The topological polar surface area (TPSA) is 12.0 Å². The highest BCUT2D eigenvalue weighted by molar-refractivity contribution is 5.53. The van der Waals surface area contributed by atoms with Crippen molar-refractivity contribution >= 4 is 5.69 Å².